The van der Waals surface area contributed by atoms with Gasteiger partial charge < -0.3 is 15.2 Å². The first-order valence-corrected chi connectivity index (χ1v) is 6.34. The van der Waals surface area contributed by atoms with Crippen molar-refractivity contribution in [1.29, 1.82) is 0 Å². The number of pyridine rings is 1. The summed E-state index contributed by atoms with van der Waals surface area (Å²) in [6.45, 7) is 5.21. The van der Waals surface area contributed by atoms with E-state index in [1.165, 1.54) is 5.69 Å². The van der Waals surface area contributed by atoms with E-state index in [9.17, 15) is 4.79 Å². The van der Waals surface area contributed by atoms with Crippen molar-refractivity contribution in [3.05, 3.63) is 28.2 Å². The molecule has 2 N–H and O–H groups in total. The molecule has 2 unspecified atom stereocenters. The fourth-order valence-electron chi connectivity index (χ4n) is 3.23. The molecule has 0 spiro atoms. The van der Waals surface area contributed by atoms with Crippen LogP contribution in [0.3, 0.4) is 0 Å². The van der Waals surface area contributed by atoms with Crippen LogP contribution in [0.15, 0.2) is 16.9 Å². The van der Waals surface area contributed by atoms with Crippen LogP contribution in [0.2, 0.25) is 0 Å². The van der Waals surface area contributed by atoms with Gasteiger partial charge in [-0.1, -0.05) is 6.92 Å². The number of hydrogen-bond donors (Lipinski definition) is 2. The van der Waals surface area contributed by atoms with Gasteiger partial charge in [0.1, 0.15) is 0 Å². The minimum absolute atomic E-state index is 0.135. The van der Waals surface area contributed by atoms with Crippen LogP contribution >= 0.6 is 0 Å². The third-order valence-electron chi connectivity index (χ3n) is 4.39. The first-order valence-electron chi connectivity index (χ1n) is 6.34. The number of fused-ring (bicyclic) bond motifs is 4. The molecule has 3 rings (SSSR count). The van der Waals surface area contributed by atoms with Gasteiger partial charge in [-0.2, -0.15) is 0 Å². The van der Waals surface area contributed by atoms with Gasteiger partial charge in [0.2, 0.25) is 0 Å². The van der Waals surface area contributed by atoms with Gasteiger partial charge in [-0.3, -0.25) is 4.79 Å². The molecule has 2 aliphatic rings. The fraction of sp³-hybridized carbons (Fsp3) is 0.615. The largest absolute Gasteiger partial charge is 0.388 e. The molecule has 2 bridgehead atoms. The molecule has 3 heterocycles. The van der Waals surface area contributed by atoms with Gasteiger partial charge in [0, 0.05) is 43.5 Å². The van der Waals surface area contributed by atoms with E-state index in [4.69, 9.17) is 0 Å². The van der Waals surface area contributed by atoms with Crippen molar-refractivity contribution >= 4 is 5.69 Å². The Morgan fingerprint density at radius 1 is 1.41 bits per heavy atom. The van der Waals surface area contributed by atoms with Crippen molar-refractivity contribution in [3.8, 4) is 0 Å². The summed E-state index contributed by atoms with van der Waals surface area (Å²) < 4.78 is 1.97. The summed E-state index contributed by atoms with van der Waals surface area (Å²) in [6, 6.07) is 3.83. The lowest BCUT2D eigenvalue weighted by molar-refractivity contribution is 0.173. The second-order valence-corrected chi connectivity index (χ2v) is 5.25. The van der Waals surface area contributed by atoms with Crippen LogP contribution in [0.5, 0.6) is 0 Å². The van der Waals surface area contributed by atoms with E-state index in [1.54, 1.807) is 6.07 Å². The molecule has 1 fully saturated rings. The molecule has 1 aromatic heterocycles. The van der Waals surface area contributed by atoms with Gasteiger partial charge in [0.05, 0.1) is 0 Å². The van der Waals surface area contributed by atoms with Crippen molar-refractivity contribution in [2.75, 3.05) is 25.5 Å². The number of nitrogens with zero attached hydrogens (tertiary/aromatic N) is 1. The van der Waals surface area contributed by atoms with Crippen LogP contribution in [-0.4, -0.2) is 24.7 Å². The van der Waals surface area contributed by atoms with Crippen LogP contribution in [0.4, 0.5) is 5.69 Å². The Bertz CT molecular complexity index is 494. The van der Waals surface area contributed by atoms with E-state index in [-0.39, 0.29) is 5.56 Å². The Morgan fingerprint density at radius 2 is 2.24 bits per heavy atom. The summed E-state index contributed by atoms with van der Waals surface area (Å²) in [4.78, 5) is 12.1. The molecule has 1 saturated heterocycles. The molecule has 0 amide bonds. The van der Waals surface area contributed by atoms with E-state index in [2.05, 4.69) is 23.6 Å². The van der Waals surface area contributed by atoms with E-state index in [0.29, 0.717) is 17.8 Å². The minimum Gasteiger partial charge on any atom is -0.388 e. The third kappa shape index (κ3) is 1.59. The molecule has 0 saturated carbocycles. The van der Waals surface area contributed by atoms with Gasteiger partial charge in [-0.05, 0) is 24.4 Å². The zero-order chi connectivity index (χ0) is 12.0. The lowest BCUT2D eigenvalue weighted by Crippen LogP contribution is -2.49. The van der Waals surface area contributed by atoms with Gasteiger partial charge in [0.15, 0.2) is 0 Å². The molecule has 17 heavy (non-hydrogen) atoms. The van der Waals surface area contributed by atoms with Gasteiger partial charge in [0.25, 0.3) is 5.56 Å². The molecule has 92 valence electrons. The normalized spacial score (nSPS) is 30.8. The van der Waals surface area contributed by atoms with Gasteiger partial charge >= 0.3 is 0 Å². The van der Waals surface area contributed by atoms with E-state index in [0.717, 1.165) is 25.3 Å². The number of piperidine rings is 1. The zero-order valence-electron chi connectivity index (χ0n) is 10.4. The molecule has 1 aromatic rings. The number of aromatic nitrogens is 1. The van der Waals surface area contributed by atoms with Crippen LogP contribution in [0.25, 0.3) is 0 Å². The third-order valence-corrected chi connectivity index (χ3v) is 4.39. The number of rotatable bonds is 1. The average Bonchev–Trinajstić information content (AvgIpc) is 2.30. The number of nitrogens with one attached hydrogen (secondary N) is 2. The maximum atomic E-state index is 12.1. The van der Waals surface area contributed by atoms with Gasteiger partial charge in [-0.15, -0.1) is 0 Å². The molecule has 4 nitrogen and oxygen atoms in total. The first-order chi connectivity index (χ1) is 8.20. The number of anilines is 1. The monoisotopic (exact) mass is 233 g/mol. The SMILES string of the molecule is CNc1cc2n(c(=O)c1)CC1CNC[C@H]2C1C. The van der Waals surface area contributed by atoms with E-state index >= 15 is 0 Å². The Hall–Kier alpha value is -1.29. The van der Waals surface area contributed by atoms with Crippen LogP contribution in [-0.2, 0) is 6.54 Å². The van der Waals surface area contributed by atoms with Crippen LogP contribution in [0, 0.1) is 11.8 Å². The Morgan fingerprint density at radius 3 is 3.00 bits per heavy atom. The predicted octanol–water partition coefficient (Wildman–Crippen LogP) is 0.843. The molecule has 0 aromatic carbocycles. The first kappa shape index (κ1) is 10.8. The highest BCUT2D eigenvalue weighted by atomic mass is 16.1. The lowest BCUT2D eigenvalue weighted by atomic mass is 9.75. The van der Waals surface area contributed by atoms with Crippen molar-refractivity contribution in [2.45, 2.75) is 19.4 Å². The second kappa shape index (κ2) is 3.88. The smallest absolute Gasteiger partial charge is 0.252 e. The van der Waals surface area contributed by atoms with Gasteiger partial charge in [-0.25, -0.2) is 0 Å². The van der Waals surface area contributed by atoms with Crippen molar-refractivity contribution in [2.24, 2.45) is 11.8 Å². The minimum atomic E-state index is 0.135. The standard InChI is InChI=1S/C13H19N3O/c1-8-9-5-15-6-11(8)12-3-10(14-2)4-13(17)16(12)7-9/h3-4,8-9,11,14-15H,5-7H2,1-2H3/t8?,9?,11-/m0/s1. The van der Waals surface area contributed by atoms with Crippen molar-refractivity contribution in [1.82, 2.24) is 9.88 Å². The summed E-state index contributed by atoms with van der Waals surface area (Å²) in [5, 5.41) is 6.55. The maximum absolute atomic E-state index is 12.1. The quantitative estimate of drug-likeness (QED) is 0.755. The molecular weight excluding hydrogens is 214 g/mol. The van der Waals surface area contributed by atoms with E-state index < -0.39 is 0 Å². The molecule has 0 radical (unpaired) electrons. The molecule has 0 aliphatic carbocycles. The van der Waals surface area contributed by atoms with Crippen molar-refractivity contribution in [3.63, 3.8) is 0 Å². The average molecular weight is 233 g/mol. The van der Waals surface area contributed by atoms with Crippen LogP contribution < -0.4 is 16.2 Å². The Kier molecular flexibility index (Phi) is 2.47. The maximum Gasteiger partial charge on any atom is 0.252 e. The van der Waals surface area contributed by atoms with Crippen LogP contribution in [0.1, 0.15) is 18.5 Å². The highest BCUT2D eigenvalue weighted by Crippen LogP contribution is 2.37. The Labute approximate surface area is 101 Å². The highest BCUT2D eigenvalue weighted by molar-refractivity contribution is 5.44. The fourth-order valence-corrected chi connectivity index (χ4v) is 3.23. The summed E-state index contributed by atoms with van der Waals surface area (Å²) in [6.07, 6.45) is 0. The summed E-state index contributed by atoms with van der Waals surface area (Å²) >= 11 is 0. The molecular formula is C13H19N3O. The number of hydrogen-bond acceptors (Lipinski definition) is 3. The summed E-state index contributed by atoms with van der Waals surface area (Å²) in [5.41, 5.74) is 2.26. The lowest BCUT2D eigenvalue weighted by Gasteiger charge is -2.43. The summed E-state index contributed by atoms with van der Waals surface area (Å²) in [5.74, 6) is 1.74. The van der Waals surface area contributed by atoms with Crippen molar-refractivity contribution < 1.29 is 0 Å². The molecule has 4 heteroatoms. The van der Waals surface area contributed by atoms with E-state index in [1.807, 2.05) is 11.6 Å². The molecule has 2 aliphatic heterocycles. The predicted molar refractivity (Wildman–Crippen MR) is 68.5 cm³/mol. The topological polar surface area (TPSA) is 46.1 Å². The molecule has 3 atom stereocenters. The Balaban J connectivity index is 2.15. The second-order valence-electron chi connectivity index (χ2n) is 5.25. The highest BCUT2D eigenvalue weighted by Gasteiger charge is 2.37. The zero-order valence-corrected chi connectivity index (χ0v) is 10.4. The summed E-state index contributed by atoms with van der Waals surface area (Å²) in [7, 11) is 1.86.